The molecule has 0 amide bonds. The molecule has 2 rings (SSSR count). The molecule has 0 atom stereocenters. The molecule has 1 aromatic heterocycles. The van der Waals surface area contributed by atoms with Crippen LogP contribution >= 0.6 is 0 Å². The number of benzene rings is 1. The van der Waals surface area contributed by atoms with Gasteiger partial charge < -0.3 is 14.2 Å². The first-order valence-corrected chi connectivity index (χ1v) is 6.62. The molecule has 5 heteroatoms. The van der Waals surface area contributed by atoms with Gasteiger partial charge in [-0.15, -0.1) is 0 Å². The van der Waals surface area contributed by atoms with E-state index < -0.39 is 0 Å². The van der Waals surface area contributed by atoms with Crippen molar-refractivity contribution in [2.75, 3.05) is 21.3 Å². The summed E-state index contributed by atoms with van der Waals surface area (Å²) in [6.45, 7) is 0. The van der Waals surface area contributed by atoms with Gasteiger partial charge in [0, 0.05) is 12.4 Å². The van der Waals surface area contributed by atoms with Crippen LogP contribution in [0.2, 0.25) is 0 Å². The summed E-state index contributed by atoms with van der Waals surface area (Å²) in [6.07, 6.45) is 6.54. The second-order valence-electron chi connectivity index (χ2n) is 4.36. The van der Waals surface area contributed by atoms with E-state index in [1.165, 1.54) is 27.4 Å². The Labute approximate surface area is 129 Å². The number of hydrogen-bond acceptors (Lipinski definition) is 5. The third kappa shape index (κ3) is 3.25. The highest BCUT2D eigenvalue weighted by Gasteiger charge is 2.19. The SMILES string of the molecule is COc1ccc(C(=O)C=Cc2ccncc2)c(OC)c1OC. The van der Waals surface area contributed by atoms with E-state index in [2.05, 4.69) is 4.98 Å². The van der Waals surface area contributed by atoms with E-state index in [1.807, 2.05) is 12.1 Å². The summed E-state index contributed by atoms with van der Waals surface area (Å²) in [4.78, 5) is 16.3. The molecule has 0 saturated heterocycles. The van der Waals surface area contributed by atoms with Crippen LogP contribution in [0, 0.1) is 0 Å². The Morgan fingerprint density at radius 3 is 2.23 bits per heavy atom. The molecule has 1 aromatic carbocycles. The fourth-order valence-corrected chi connectivity index (χ4v) is 2.03. The Morgan fingerprint density at radius 2 is 1.64 bits per heavy atom. The lowest BCUT2D eigenvalue weighted by Crippen LogP contribution is -2.02. The van der Waals surface area contributed by atoms with Crippen molar-refractivity contribution in [3.63, 3.8) is 0 Å². The van der Waals surface area contributed by atoms with Crippen LogP contribution in [0.5, 0.6) is 17.2 Å². The lowest BCUT2D eigenvalue weighted by molar-refractivity contribution is 0.104. The number of pyridine rings is 1. The zero-order valence-electron chi connectivity index (χ0n) is 12.7. The van der Waals surface area contributed by atoms with Crippen LogP contribution in [0.3, 0.4) is 0 Å². The number of ether oxygens (including phenoxy) is 3. The number of methoxy groups -OCH3 is 3. The zero-order valence-corrected chi connectivity index (χ0v) is 12.7. The molecule has 2 aromatic rings. The number of nitrogens with zero attached hydrogens (tertiary/aromatic N) is 1. The molecule has 5 nitrogen and oxygen atoms in total. The summed E-state index contributed by atoms with van der Waals surface area (Å²) in [5.41, 5.74) is 1.30. The average Bonchev–Trinajstić information content (AvgIpc) is 2.58. The van der Waals surface area contributed by atoms with E-state index >= 15 is 0 Å². The van der Waals surface area contributed by atoms with Crippen molar-refractivity contribution < 1.29 is 19.0 Å². The molecular formula is C17H17NO4. The molecule has 0 bridgehead atoms. The van der Waals surface area contributed by atoms with Crippen molar-refractivity contribution in [2.24, 2.45) is 0 Å². The molecule has 22 heavy (non-hydrogen) atoms. The molecule has 114 valence electrons. The fraction of sp³-hybridized carbons (Fsp3) is 0.176. The molecule has 1 heterocycles. The van der Waals surface area contributed by atoms with Gasteiger partial charge in [0.25, 0.3) is 0 Å². The number of ketones is 1. The average molecular weight is 299 g/mol. The standard InChI is InChI=1S/C17H17NO4/c1-20-15-7-5-13(16(21-2)17(15)22-3)14(19)6-4-12-8-10-18-11-9-12/h4-11H,1-3H3. The van der Waals surface area contributed by atoms with Crippen LogP contribution in [-0.2, 0) is 0 Å². The first-order valence-electron chi connectivity index (χ1n) is 6.62. The van der Waals surface area contributed by atoms with Gasteiger partial charge >= 0.3 is 0 Å². The van der Waals surface area contributed by atoms with Crippen molar-refractivity contribution in [2.45, 2.75) is 0 Å². The third-order valence-corrected chi connectivity index (χ3v) is 3.10. The second kappa shape index (κ2) is 7.26. The first kappa shape index (κ1) is 15.6. The number of carbonyl (C=O) groups excluding carboxylic acids is 1. The van der Waals surface area contributed by atoms with Crippen LogP contribution in [0.1, 0.15) is 15.9 Å². The molecule has 0 aliphatic rings. The maximum absolute atomic E-state index is 12.4. The summed E-state index contributed by atoms with van der Waals surface area (Å²) in [6, 6.07) is 6.96. The largest absolute Gasteiger partial charge is 0.493 e. The minimum absolute atomic E-state index is 0.186. The van der Waals surface area contributed by atoms with E-state index in [0.29, 0.717) is 22.8 Å². The third-order valence-electron chi connectivity index (χ3n) is 3.10. The minimum atomic E-state index is -0.186. The normalized spacial score (nSPS) is 10.5. The highest BCUT2D eigenvalue weighted by atomic mass is 16.5. The second-order valence-corrected chi connectivity index (χ2v) is 4.36. The van der Waals surface area contributed by atoms with Crippen LogP contribution in [0.4, 0.5) is 0 Å². The summed E-state index contributed by atoms with van der Waals surface area (Å²) < 4.78 is 15.8. The number of aromatic nitrogens is 1. The number of allylic oxidation sites excluding steroid dienone is 1. The Bertz CT molecular complexity index is 681. The molecule has 0 unspecified atom stereocenters. The molecule has 0 saturated carbocycles. The van der Waals surface area contributed by atoms with E-state index in [-0.39, 0.29) is 5.78 Å². The fourth-order valence-electron chi connectivity index (χ4n) is 2.03. The quantitative estimate of drug-likeness (QED) is 0.606. The van der Waals surface area contributed by atoms with Gasteiger partial charge in [0.2, 0.25) is 5.75 Å². The van der Waals surface area contributed by atoms with Gasteiger partial charge in [0.15, 0.2) is 17.3 Å². The summed E-state index contributed by atoms with van der Waals surface area (Å²) >= 11 is 0. The zero-order chi connectivity index (χ0) is 15.9. The van der Waals surface area contributed by atoms with Gasteiger partial charge in [-0.2, -0.15) is 0 Å². The van der Waals surface area contributed by atoms with Crippen molar-refractivity contribution in [3.05, 3.63) is 53.9 Å². The van der Waals surface area contributed by atoms with Gasteiger partial charge in [0.05, 0.1) is 26.9 Å². The van der Waals surface area contributed by atoms with Crippen LogP contribution in [0.25, 0.3) is 6.08 Å². The highest BCUT2D eigenvalue weighted by molar-refractivity contribution is 6.09. The lowest BCUT2D eigenvalue weighted by atomic mass is 10.1. The van der Waals surface area contributed by atoms with Crippen molar-refractivity contribution in [3.8, 4) is 17.2 Å². The maximum atomic E-state index is 12.4. The van der Waals surface area contributed by atoms with Gasteiger partial charge in [0.1, 0.15) is 0 Å². The molecule has 0 aliphatic carbocycles. The lowest BCUT2D eigenvalue weighted by Gasteiger charge is -2.14. The van der Waals surface area contributed by atoms with Gasteiger partial charge in [-0.1, -0.05) is 6.08 Å². The minimum Gasteiger partial charge on any atom is -0.493 e. The van der Waals surface area contributed by atoms with Crippen molar-refractivity contribution in [1.82, 2.24) is 4.98 Å². The number of carbonyl (C=O) groups is 1. The first-order chi connectivity index (χ1) is 10.7. The molecule has 0 fully saturated rings. The monoisotopic (exact) mass is 299 g/mol. The van der Waals surface area contributed by atoms with E-state index in [0.717, 1.165) is 5.56 Å². The number of hydrogen-bond donors (Lipinski definition) is 0. The molecular weight excluding hydrogens is 282 g/mol. The summed E-state index contributed by atoms with van der Waals surface area (Å²) in [5, 5.41) is 0. The van der Waals surface area contributed by atoms with Crippen LogP contribution in [-0.4, -0.2) is 32.1 Å². The Morgan fingerprint density at radius 1 is 0.955 bits per heavy atom. The Balaban J connectivity index is 2.35. The molecule has 0 aliphatic heterocycles. The number of rotatable bonds is 6. The van der Waals surface area contributed by atoms with Gasteiger partial charge in [-0.3, -0.25) is 9.78 Å². The molecule has 0 N–H and O–H groups in total. The van der Waals surface area contributed by atoms with Gasteiger partial charge in [-0.05, 0) is 35.9 Å². The predicted octanol–water partition coefficient (Wildman–Crippen LogP) is 3.00. The summed E-state index contributed by atoms with van der Waals surface area (Å²) in [5.74, 6) is 1.07. The van der Waals surface area contributed by atoms with E-state index in [1.54, 1.807) is 30.6 Å². The van der Waals surface area contributed by atoms with Crippen molar-refractivity contribution in [1.29, 1.82) is 0 Å². The van der Waals surface area contributed by atoms with E-state index in [9.17, 15) is 4.79 Å². The van der Waals surface area contributed by atoms with Crippen LogP contribution < -0.4 is 14.2 Å². The predicted molar refractivity (Wildman–Crippen MR) is 83.7 cm³/mol. The Hall–Kier alpha value is -2.82. The summed E-state index contributed by atoms with van der Waals surface area (Å²) in [7, 11) is 4.52. The van der Waals surface area contributed by atoms with Crippen molar-refractivity contribution >= 4 is 11.9 Å². The maximum Gasteiger partial charge on any atom is 0.204 e. The Kier molecular flexibility index (Phi) is 5.14. The van der Waals surface area contributed by atoms with Gasteiger partial charge in [-0.25, -0.2) is 0 Å². The van der Waals surface area contributed by atoms with E-state index in [4.69, 9.17) is 14.2 Å². The highest BCUT2D eigenvalue weighted by Crippen LogP contribution is 2.39. The smallest absolute Gasteiger partial charge is 0.204 e. The van der Waals surface area contributed by atoms with Crippen LogP contribution in [0.15, 0.2) is 42.7 Å². The topological polar surface area (TPSA) is 57.7 Å². The molecule has 0 spiro atoms. The molecule has 0 radical (unpaired) electrons.